The molecule has 1 heterocycles. The van der Waals surface area contributed by atoms with Crippen LogP contribution in [0.4, 0.5) is 17.6 Å². The Kier molecular flexibility index (Phi) is 6.03. The van der Waals surface area contributed by atoms with Gasteiger partial charge in [0.25, 0.3) is 0 Å². The zero-order valence-electron chi connectivity index (χ0n) is 17.7. The highest BCUT2D eigenvalue weighted by Crippen LogP contribution is 2.53. The van der Waals surface area contributed by atoms with Gasteiger partial charge in [0.2, 0.25) is 5.91 Å². The zero-order chi connectivity index (χ0) is 23.8. The Morgan fingerprint density at radius 3 is 2.48 bits per heavy atom. The fraction of sp³-hybridized carbons (Fsp3) is 0.360. The standard InChI is InChI=1S/C25H23F4NO3/c26-18-6-7-19-17(13-23(32)33)15-24(21(19)14-18)9-11-30(12-10-24)22(31)8-5-16-3-1-2-4-20(16)25(27,28)29/h1-8,14,17H,9-13,15H2,(H,32,33)/b8-5+. The third-order valence-electron chi connectivity index (χ3n) is 6.79. The Morgan fingerprint density at radius 1 is 1.12 bits per heavy atom. The summed E-state index contributed by atoms with van der Waals surface area (Å²) < 4.78 is 53.5. The first-order valence-corrected chi connectivity index (χ1v) is 10.7. The first kappa shape index (κ1) is 23.0. The SMILES string of the molecule is O=C(O)CC1CC2(CCN(C(=O)/C=C/c3ccccc3C(F)(F)F)CC2)c2cc(F)ccc21. The highest BCUT2D eigenvalue weighted by Gasteiger charge is 2.46. The van der Waals surface area contributed by atoms with Crippen molar-refractivity contribution in [2.24, 2.45) is 0 Å². The van der Waals surface area contributed by atoms with Gasteiger partial charge >= 0.3 is 12.1 Å². The van der Waals surface area contributed by atoms with E-state index in [-0.39, 0.29) is 29.6 Å². The molecule has 4 rings (SSSR count). The zero-order valence-corrected chi connectivity index (χ0v) is 17.7. The van der Waals surface area contributed by atoms with Gasteiger partial charge in [-0.15, -0.1) is 0 Å². The predicted octanol–water partition coefficient (Wildman–Crippen LogP) is 5.38. The molecule has 1 fully saturated rings. The molecular weight excluding hydrogens is 438 g/mol. The van der Waals surface area contributed by atoms with Crippen molar-refractivity contribution in [3.63, 3.8) is 0 Å². The molecule has 1 aliphatic carbocycles. The van der Waals surface area contributed by atoms with Gasteiger partial charge < -0.3 is 10.0 Å². The molecule has 1 spiro atoms. The number of carboxylic acid groups (broad SMARTS) is 1. The maximum atomic E-state index is 14.0. The number of halogens is 4. The van der Waals surface area contributed by atoms with Crippen molar-refractivity contribution >= 4 is 18.0 Å². The van der Waals surface area contributed by atoms with Crippen LogP contribution in [0.15, 0.2) is 48.5 Å². The molecule has 0 bridgehead atoms. The number of rotatable bonds is 4. The molecule has 0 saturated carbocycles. The summed E-state index contributed by atoms with van der Waals surface area (Å²) in [6.45, 7) is 0.722. The van der Waals surface area contributed by atoms with Crippen molar-refractivity contribution in [1.82, 2.24) is 4.90 Å². The van der Waals surface area contributed by atoms with E-state index in [1.54, 1.807) is 11.0 Å². The molecule has 2 aromatic rings. The van der Waals surface area contributed by atoms with Gasteiger partial charge in [-0.1, -0.05) is 24.3 Å². The monoisotopic (exact) mass is 461 g/mol. The lowest BCUT2D eigenvalue weighted by Crippen LogP contribution is -2.44. The molecule has 0 radical (unpaired) electrons. The molecule has 0 aromatic heterocycles. The molecule has 1 aliphatic heterocycles. The summed E-state index contributed by atoms with van der Waals surface area (Å²) in [6, 6.07) is 9.53. The molecule has 8 heteroatoms. The fourth-order valence-corrected chi connectivity index (χ4v) is 5.22. The summed E-state index contributed by atoms with van der Waals surface area (Å²) in [6.07, 6.45) is -0.564. The van der Waals surface area contributed by atoms with Gasteiger partial charge in [0.1, 0.15) is 5.82 Å². The molecule has 1 amide bonds. The average Bonchev–Trinajstić information content (AvgIpc) is 3.03. The Labute approximate surface area is 188 Å². The van der Waals surface area contributed by atoms with E-state index in [0.29, 0.717) is 32.4 Å². The smallest absolute Gasteiger partial charge is 0.416 e. The van der Waals surface area contributed by atoms with Crippen molar-refractivity contribution < 1.29 is 32.3 Å². The van der Waals surface area contributed by atoms with Crippen LogP contribution < -0.4 is 0 Å². The number of nitrogens with zero attached hydrogens (tertiary/aromatic N) is 1. The lowest BCUT2D eigenvalue weighted by Gasteiger charge is -2.40. The van der Waals surface area contributed by atoms with Gasteiger partial charge in [0.15, 0.2) is 0 Å². The number of hydrogen-bond acceptors (Lipinski definition) is 2. The molecule has 1 N–H and O–H groups in total. The molecule has 2 aromatic carbocycles. The summed E-state index contributed by atoms with van der Waals surface area (Å²) in [5.41, 5.74) is 0.378. The highest BCUT2D eigenvalue weighted by molar-refractivity contribution is 5.92. The van der Waals surface area contributed by atoms with E-state index in [0.717, 1.165) is 23.3 Å². The maximum Gasteiger partial charge on any atom is 0.416 e. The van der Waals surface area contributed by atoms with Crippen LogP contribution >= 0.6 is 0 Å². The van der Waals surface area contributed by atoms with Crippen LogP contribution in [0, 0.1) is 5.82 Å². The summed E-state index contributed by atoms with van der Waals surface area (Å²) in [5, 5.41) is 9.27. The number of hydrogen-bond donors (Lipinski definition) is 1. The number of carboxylic acids is 1. The van der Waals surface area contributed by atoms with Crippen molar-refractivity contribution in [3.8, 4) is 0 Å². The van der Waals surface area contributed by atoms with Crippen molar-refractivity contribution in [2.45, 2.75) is 43.2 Å². The molecular formula is C25H23F4NO3. The third kappa shape index (κ3) is 4.65. The van der Waals surface area contributed by atoms with E-state index in [1.165, 1.54) is 36.4 Å². The van der Waals surface area contributed by atoms with Gasteiger partial charge in [-0.2, -0.15) is 13.2 Å². The fourth-order valence-electron chi connectivity index (χ4n) is 5.22. The van der Waals surface area contributed by atoms with Gasteiger partial charge in [-0.3, -0.25) is 9.59 Å². The molecule has 1 atom stereocenters. The van der Waals surface area contributed by atoms with E-state index in [2.05, 4.69) is 0 Å². The number of piperidine rings is 1. The first-order chi connectivity index (χ1) is 15.6. The summed E-state index contributed by atoms with van der Waals surface area (Å²) in [4.78, 5) is 25.6. The second kappa shape index (κ2) is 8.65. The van der Waals surface area contributed by atoms with Gasteiger partial charge in [-0.25, -0.2) is 4.39 Å². The highest BCUT2D eigenvalue weighted by atomic mass is 19.4. The number of carbonyl (C=O) groups is 2. The number of carbonyl (C=O) groups excluding carboxylic acids is 1. The van der Waals surface area contributed by atoms with Crippen LogP contribution in [0.25, 0.3) is 6.08 Å². The number of benzene rings is 2. The van der Waals surface area contributed by atoms with Crippen LogP contribution in [-0.2, 0) is 21.2 Å². The molecule has 1 saturated heterocycles. The number of fused-ring (bicyclic) bond motifs is 2. The van der Waals surface area contributed by atoms with Crippen LogP contribution in [0.2, 0.25) is 0 Å². The summed E-state index contributed by atoms with van der Waals surface area (Å²) in [5.74, 6) is -1.89. The Bertz CT molecular complexity index is 1100. The van der Waals surface area contributed by atoms with Crippen LogP contribution in [0.5, 0.6) is 0 Å². The van der Waals surface area contributed by atoms with Crippen LogP contribution in [0.1, 0.15) is 53.9 Å². The normalized spacial score (nSPS) is 19.8. The minimum absolute atomic E-state index is 0.0373. The first-order valence-electron chi connectivity index (χ1n) is 10.7. The van der Waals surface area contributed by atoms with Gasteiger partial charge in [0.05, 0.1) is 12.0 Å². The van der Waals surface area contributed by atoms with E-state index >= 15 is 0 Å². The van der Waals surface area contributed by atoms with E-state index in [1.807, 2.05) is 0 Å². The molecule has 2 aliphatic rings. The molecule has 174 valence electrons. The third-order valence-corrected chi connectivity index (χ3v) is 6.79. The summed E-state index contributed by atoms with van der Waals surface area (Å²) >= 11 is 0. The van der Waals surface area contributed by atoms with Crippen molar-refractivity contribution in [2.75, 3.05) is 13.1 Å². The molecule has 4 nitrogen and oxygen atoms in total. The van der Waals surface area contributed by atoms with Crippen LogP contribution in [0.3, 0.4) is 0 Å². The van der Waals surface area contributed by atoms with Crippen molar-refractivity contribution in [3.05, 3.63) is 76.6 Å². The second-order valence-corrected chi connectivity index (χ2v) is 8.75. The van der Waals surface area contributed by atoms with Gasteiger partial charge in [0, 0.05) is 19.2 Å². The van der Waals surface area contributed by atoms with E-state index < -0.39 is 23.1 Å². The quantitative estimate of drug-likeness (QED) is 0.491. The van der Waals surface area contributed by atoms with Crippen LogP contribution in [-0.4, -0.2) is 35.0 Å². The van der Waals surface area contributed by atoms with Crippen molar-refractivity contribution in [1.29, 1.82) is 0 Å². The predicted molar refractivity (Wildman–Crippen MR) is 114 cm³/mol. The lowest BCUT2D eigenvalue weighted by molar-refractivity contribution is -0.138. The average molecular weight is 461 g/mol. The Morgan fingerprint density at radius 2 is 1.82 bits per heavy atom. The topological polar surface area (TPSA) is 57.6 Å². The van der Waals surface area contributed by atoms with E-state index in [9.17, 15) is 32.3 Å². The van der Waals surface area contributed by atoms with E-state index in [4.69, 9.17) is 0 Å². The maximum absolute atomic E-state index is 14.0. The number of aliphatic carboxylic acids is 1. The lowest BCUT2D eigenvalue weighted by atomic mass is 9.73. The largest absolute Gasteiger partial charge is 0.481 e. The number of likely N-dealkylation sites (tertiary alicyclic amines) is 1. The Hall–Kier alpha value is -3.16. The number of amides is 1. The summed E-state index contributed by atoms with van der Waals surface area (Å²) in [7, 11) is 0. The second-order valence-electron chi connectivity index (χ2n) is 8.75. The molecule has 1 unspecified atom stereocenters. The number of alkyl halides is 3. The van der Waals surface area contributed by atoms with Gasteiger partial charge in [-0.05, 0) is 71.6 Å². The molecule has 33 heavy (non-hydrogen) atoms. The minimum Gasteiger partial charge on any atom is -0.481 e. The Balaban J connectivity index is 1.48. The minimum atomic E-state index is -4.51.